The Morgan fingerprint density at radius 1 is 1.20 bits per heavy atom. The van der Waals surface area contributed by atoms with Crippen molar-refractivity contribution in [3.8, 4) is 0 Å². The van der Waals surface area contributed by atoms with Crippen molar-refractivity contribution < 1.29 is 4.79 Å². The van der Waals surface area contributed by atoms with Gasteiger partial charge in [-0.2, -0.15) is 0 Å². The van der Waals surface area contributed by atoms with E-state index < -0.39 is 0 Å². The zero-order valence-corrected chi connectivity index (χ0v) is 12.0. The van der Waals surface area contributed by atoms with Crippen molar-refractivity contribution >= 4 is 5.91 Å². The van der Waals surface area contributed by atoms with Crippen LogP contribution in [0.1, 0.15) is 31.2 Å². The van der Waals surface area contributed by atoms with E-state index in [0.29, 0.717) is 11.8 Å². The van der Waals surface area contributed by atoms with Crippen molar-refractivity contribution in [1.29, 1.82) is 0 Å². The van der Waals surface area contributed by atoms with E-state index in [1.807, 2.05) is 0 Å². The molecule has 20 heavy (non-hydrogen) atoms. The SMILES string of the molecule is NC(=O)C1(C[C@@H]2CNC[C@H]2Cc2ccccc2)CCC1. The van der Waals surface area contributed by atoms with Crippen molar-refractivity contribution in [2.24, 2.45) is 23.0 Å². The Hall–Kier alpha value is -1.35. The van der Waals surface area contributed by atoms with E-state index in [1.54, 1.807) is 0 Å². The van der Waals surface area contributed by atoms with Crippen LogP contribution in [0, 0.1) is 17.3 Å². The monoisotopic (exact) mass is 272 g/mol. The van der Waals surface area contributed by atoms with Gasteiger partial charge in [-0.15, -0.1) is 0 Å². The van der Waals surface area contributed by atoms with Gasteiger partial charge in [0, 0.05) is 5.41 Å². The zero-order chi connectivity index (χ0) is 14.0. The molecule has 2 fully saturated rings. The third kappa shape index (κ3) is 2.59. The van der Waals surface area contributed by atoms with Crippen molar-refractivity contribution in [2.75, 3.05) is 13.1 Å². The second kappa shape index (κ2) is 5.57. The van der Waals surface area contributed by atoms with E-state index >= 15 is 0 Å². The molecule has 0 unspecified atom stereocenters. The lowest BCUT2D eigenvalue weighted by Gasteiger charge is -2.41. The van der Waals surface area contributed by atoms with Gasteiger partial charge in [0.1, 0.15) is 0 Å². The predicted molar refractivity (Wildman–Crippen MR) is 80.1 cm³/mol. The van der Waals surface area contributed by atoms with Crippen molar-refractivity contribution in [2.45, 2.75) is 32.1 Å². The maximum absolute atomic E-state index is 11.8. The van der Waals surface area contributed by atoms with Gasteiger partial charge in [-0.1, -0.05) is 36.8 Å². The van der Waals surface area contributed by atoms with E-state index in [0.717, 1.165) is 45.2 Å². The van der Waals surface area contributed by atoms with Crippen LogP contribution in [0.5, 0.6) is 0 Å². The molecule has 0 aromatic heterocycles. The van der Waals surface area contributed by atoms with Gasteiger partial charge in [-0.05, 0) is 56.2 Å². The van der Waals surface area contributed by atoms with E-state index in [1.165, 1.54) is 5.56 Å². The molecule has 3 rings (SSSR count). The molecule has 0 radical (unpaired) electrons. The van der Waals surface area contributed by atoms with Crippen LogP contribution in [-0.2, 0) is 11.2 Å². The molecule has 1 amide bonds. The zero-order valence-electron chi connectivity index (χ0n) is 12.0. The average Bonchev–Trinajstić information content (AvgIpc) is 2.82. The van der Waals surface area contributed by atoms with Crippen LogP contribution < -0.4 is 11.1 Å². The van der Waals surface area contributed by atoms with Gasteiger partial charge < -0.3 is 11.1 Å². The molecule has 3 nitrogen and oxygen atoms in total. The number of carbonyl (C=O) groups is 1. The molecular weight excluding hydrogens is 248 g/mol. The van der Waals surface area contributed by atoms with Gasteiger partial charge in [0.2, 0.25) is 5.91 Å². The maximum atomic E-state index is 11.8. The molecule has 0 spiro atoms. The van der Waals surface area contributed by atoms with Crippen LogP contribution in [0.15, 0.2) is 30.3 Å². The first-order chi connectivity index (χ1) is 9.70. The van der Waals surface area contributed by atoms with Crippen molar-refractivity contribution in [1.82, 2.24) is 5.32 Å². The number of benzene rings is 1. The third-order valence-corrected chi connectivity index (χ3v) is 5.31. The number of nitrogens with one attached hydrogen (secondary N) is 1. The van der Waals surface area contributed by atoms with Gasteiger partial charge in [0.15, 0.2) is 0 Å². The molecule has 1 aromatic rings. The normalized spacial score (nSPS) is 28.0. The molecule has 1 aromatic carbocycles. The second-order valence-electron chi connectivity index (χ2n) is 6.57. The summed E-state index contributed by atoms with van der Waals surface area (Å²) in [5.41, 5.74) is 6.86. The second-order valence-corrected chi connectivity index (χ2v) is 6.57. The Morgan fingerprint density at radius 2 is 1.90 bits per heavy atom. The summed E-state index contributed by atoms with van der Waals surface area (Å²) in [5.74, 6) is 1.14. The van der Waals surface area contributed by atoms with Gasteiger partial charge in [0.05, 0.1) is 0 Å². The molecule has 1 heterocycles. The summed E-state index contributed by atoms with van der Waals surface area (Å²) in [6.45, 7) is 2.10. The van der Waals surface area contributed by atoms with Crippen molar-refractivity contribution in [3.63, 3.8) is 0 Å². The first-order valence-electron chi connectivity index (χ1n) is 7.74. The number of hydrogen-bond donors (Lipinski definition) is 2. The Bertz CT molecular complexity index is 467. The number of amides is 1. The summed E-state index contributed by atoms with van der Waals surface area (Å²) in [7, 11) is 0. The fourth-order valence-corrected chi connectivity index (χ4v) is 3.84. The quantitative estimate of drug-likeness (QED) is 0.862. The Kier molecular flexibility index (Phi) is 3.79. The minimum Gasteiger partial charge on any atom is -0.369 e. The number of carbonyl (C=O) groups excluding carboxylic acids is 1. The Labute approximate surface area is 120 Å². The van der Waals surface area contributed by atoms with Crippen LogP contribution in [-0.4, -0.2) is 19.0 Å². The molecule has 0 bridgehead atoms. The van der Waals surface area contributed by atoms with Gasteiger partial charge in [0.25, 0.3) is 0 Å². The summed E-state index contributed by atoms with van der Waals surface area (Å²) >= 11 is 0. The molecular formula is C17H24N2O. The minimum atomic E-state index is -0.189. The fourth-order valence-electron chi connectivity index (χ4n) is 3.84. The molecule has 108 valence electrons. The molecule has 1 aliphatic heterocycles. The van der Waals surface area contributed by atoms with Crippen LogP contribution >= 0.6 is 0 Å². The summed E-state index contributed by atoms with van der Waals surface area (Å²) in [6, 6.07) is 10.7. The van der Waals surface area contributed by atoms with Crippen LogP contribution in [0.2, 0.25) is 0 Å². The third-order valence-electron chi connectivity index (χ3n) is 5.31. The average molecular weight is 272 g/mol. The number of primary amides is 1. The number of hydrogen-bond acceptors (Lipinski definition) is 2. The number of rotatable bonds is 5. The van der Waals surface area contributed by atoms with Gasteiger partial charge >= 0.3 is 0 Å². The first kappa shape index (κ1) is 13.6. The van der Waals surface area contributed by atoms with E-state index in [2.05, 4.69) is 35.6 Å². The molecule has 2 atom stereocenters. The van der Waals surface area contributed by atoms with Gasteiger partial charge in [-0.25, -0.2) is 0 Å². The van der Waals surface area contributed by atoms with Crippen LogP contribution in [0.3, 0.4) is 0 Å². The highest BCUT2D eigenvalue weighted by Gasteiger charge is 2.45. The highest BCUT2D eigenvalue weighted by molar-refractivity contribution is 5.81. The van der Waals surface area contributed by atoms with E-state index in [9.17, 15) is 4.79 Å². The molecule has 3 heteroatoms. The fraction of sp³-hybridized carbons (Fsp3) is 0.588. The summed E-state index contributed by atoms with van der Waals surface area (Å²) in [4.78, 5) is 11.8. The molecule has 1 aliphatic carbocycles. The Morgan fingerprint density at radius 3 is 2.50 bits per heavy atom. The first-order valence-corrected chi connectivity index (χ1v) is 7.74. The minimum absolute atomic E-state index is 0.0749. The highest BCUT2D eigenvalue weighted by atomic mass is 16.1. The largest absolute Gasteiger partial charge is 0.369 e. The topological polar surface area (TPSA) is 55.1 Å². The summed E-state index contributed by atoms with van der Waals surface area (Å²) in [5, 5.41) is 3.50. The van der Waals surface area contributed by atoms with E-state index in [-0.39, 0.29) is 11.3 Å². The summed E-state index contributed by atoms with van der Waals surface area (Å²) < 4.78 is 0. The highest BCUT2D eigenvalue weighted by Crippen LogP contribution is 2.47. The van der Waals surface area contributed by atoms with Gasteiger partial charge in [-0.3, -0.25) is 4.79 Å². The number of nitrogens with two attached hydrogens (primary N) is 1. The summed E-state index contributed by atoms with van der Waals surface area (Å²) in [6.07, 6.45) is 5.24. The van der Waals surface area contributed by atoms with Crippen LogP contribution in [0.25, 0.3) is 0 Å². The smallest absolute Gasteiger partial charge is 0.223 e. The lowest BCUT2D eigenvalue weighted by Crippen LogP contribution is -2.45. The maximum Gasteiger partial charge on any atom is 0.223 e. The van der Waals surface area contributed by atoms with E-state index in [4.69, 9.17) is 5.73 Å². The van der Waals surface area contributed by atoms with Crippen LogP contribution in [0.4, 0.5) is 0 Å². The van der Waals surface area contributed by atoms with Crippen molar-refractivity contribution in [3.05, 3.63) is 35.9 Å². The molecule has 1 saturated heterocycles. The standard InChI is InChI=1S/C17H24N2O/c18-16(20)17(7-4-8-17)10-15-12-19-11-14(15)9-13-5-2-1-3-6-13/h1-3,5-6,14-15,19H,4,7-12H2,(H2,18,20)/t14-,15-/m1/s1. The lowest BCUT2D eigenvalue weighted by molar-refractivity contribution is -0.134. The predicted octanol–water partition coefficient (Wildman–Crippen LogP) is 2.11. The molecule has 3 N–H and O–H groups in total. The lowest BCUT2D eigenvalue weighted by atomic mass is 9.62. The molecule has 2 aliphatic rings. The molecule has 1 saturated carbocycles. The Balaban J connectivity index is 1.65.